The van der Waals surface area contributed by atoms with Gasteiger partial charge in [0.25, 0.3) is 6.43 Å². The molecule has 1 aromatic heterocycles. The van der Waals surface area contributed by atoms with Crippen LogP contribution >= 0.6 is 0 Å². The fourth-order valence-corrected chi connectivity index (χ4v) is 2.17. The maximum Gasteiger partial charge on any atom is 0.301 e. The van der Waals surface area contributed by atoms with Gasteiger partial charge < -0.3 is 10.0 Å². The number of hydrogen-bond donors (Lipinski definition) is 1. The third-order valence-electron chi connectivity index (χ3n) is 2.99. The molecule has 1 aromatic carbocycles. The van der Waals surface area contributed by atoms with Gasteiger partial charge in [-0.2, -0.15) is 0 Å². The molecule has 1 heterocycles. The first kappa shape index (κ1) is 15.0. The van der Waals surface area contributed by atoms with Gasteiger partial charge in [0.05, 0.1) is 29.0 Å². The highest BCUT2D eigenvalue weighted by molar-refractivity contribution is 5.94. The summed E-state index contributed by atoms with van der Waals surface area (Å²) in [4.78, 5) is 15.8. The van der Waals surface area contributed by atoms with Crippen LogP contribution in [0.15, 0.2) is 30.5 Å². The molecule has 0 unspecified atom stereocenters. The van der Waals surface area contributed by atoms with Crippen molar-refractivity contribution in [3.63, 3.8) is 0 Å². The summed E-state index contributed by atoms with van der Waals surface area (Å²) < 4.78 is 25.3. The maximum absolute atomic E-state index is 12.6. The Morgan fingerprint density at radius 3 is 2.76 bits per heavy atom. The van der Waals surface area contributed by atoms with Crippen LogP contribution in [0.5, 0.6) is 0 Å². The lowest BCUT2D eigenvalue weighted by Crippen LogP contribution is -2.32. The van der Waals surface area contributed by atoms with Gasteiger partial charge in [-0.3, -0.25) is 15.1 Å². The van der Waals surface area contributed by atoms with Crippen molar-refractivity contribution in [3.05, 3.63) is 40.6 Å². The summed E-state index contributed by atoms with van der Waals surface area (Å²) in [7, 11) is 0. The third-order valence-corrected chi connectivity index (χ3v) is 2.99. The summed E-state index contributed by atoms with van der Waals surface area (Å²) in [6.07, 6.45) is -1.17. The number of rotatable bonds is 6. The molecular weight excluding hydrogens is 284 g/mol. The van der Waals surface area contributed by atoms with Crippen LogP contribution in [-0.2, 0) is 0 Å². The van der Waals surface area contributed by atoms with Crippen molar-refractivity contribution in [3.8, 4) is 0 Å². The molecule has 112 valence electrons. The average molecular weight is 297 g/mol. The standard InChI is InChI=1S/C13H13F2N3O3/c14-12(15)8-17(6-7-19)11-4-3-10-9(2-1-5-16-10)13(11)18(20)21/h1-5,12,19H,6-8H2. The third kappa shape index (κ3) is 3.22. The summed E-state index contributed by atoms with van der Waals surface area (Å²) in [6.45, 7) is -1.18. The van der Waals surface area contributed by atoms with E-state index in [2.05, 4.69) is 4.98 Å². The average Bonchev–Trinajstić information content (AvgIpc) is 2.45. The molecule has 0 amide bonds. The summed E-state index contributed by atoms with van der Waals surface area (Å²) in [5.74, 6) is 0. The second-order valence-electron chi connectivity index (χ2n) is 4.32. The molecule has 0 saturated heterocycles. The summed E-state index contributed by atoms with van der Waals surface area (Å²) >= 11 is 0. The highest BCUT2D eigenvalue weighted by Gasteiger charge is 2.24. The highest BCUT2D eigenvalue weighted by Crippen LogP contribution is 2.35. The SMILES string of the molecule is O=[N+]([O-])c1c(N(CCO)CC(F)F)ccc2ncccc12. The molecule has 2 rings (SSSR count). The van der Waals surface area contributed by atoms with Crippen LogP contribution in [-0.4, -0.2) is 41.1 Å². The van der Waals surface area contributed by atoms with Gasteiger partial charge in [-0.1, -0.05) is 0 Å². The number of hydrogen-bond acceptors (Lipinski definition) is 5. The number of pyridine rings is 1. The van der Waals surface area contributed by atoms with E-state index in [0.29, 0.717) is 5.52 Å². The molecule has 21 heavy (non-hydrogen) atoms. The topological polar surface area (TPSA) is 79.5 Å². The number of fused-ring (bicyclic) bond motifs is 1. The number of nitro groups is 1. The smallest absolute Gasteiger partial charge is 0.301 e. The molecule has 8 heteroatoms. The van der Waals surface area contributed by atoms with E-state index in [-0.39, 0.29) is 29.9 Å². The van der Waals surface area contributed by atoms with Crippen LogP contribution in [0.2, 0.25) is 0 Å². The molecular formula is C13H13F2N3O3. The van der Waals surface area contributed by atoms with Gasteiger partial charge in [-0.25, -0.2) is 8.78 Å². The minimum atomic E-state index is -2.67. The molecule has 0 aliphatic carbocycles. The van der Waals surface area contributed by atoms with Crippen molar-refractivity contribution in [1.82, 2.24) is 4.98 Å². The molecule has 0 aliphatic heterocycles. The Morgan fingerprint density at radius 2 is 2.14 bits per heavy atom. The van der Waals surface area contributed by atoms with Gasteiger partial charge in [0.1, 0.15) is 5.69 Å². The Morgan fingerprint density at radius 1 is 1.38 bits per heavy atom. The van der Waals surface area contributed by atoms with Gasteiger partial charge in [-0.15, -0.1) is 0 Å². The van der Waals surface area contributed by atoms with E-state index >= 15 is 0 Å². The predicted octanol–water partition coefficient (Wildman–Crippen LogP) is 2.21. The van der Waals surface area contributed by atoms with Gasteiger partial charge in [0.15, 0.2) is 0 Å². The number of halogens is 2. The number of aromatic nitrogens is 1. The molecule has 0 fully saturated rings. The lowest BCUT2D eigenvalue weighted by Gasteiger charge is -2.23. The lowest BCUT2D eigenvalue weighted by molar-refractivity contribution is -0.382. The molecule has 0 radical (unpaired) electrons. The van der Waals surface area contributed by atoms with E-state index in [1.165, 1.54) is 24.4 Å². The fourth-order valence-electron chi connectivity index (χ4n) is 2.17. The largest absolute Gasteiger partial charge is 0.395 e. The maximum atomic E-state index is 12.6. The van der Waals surface area contributed by atoms with Gasteiger partial charge >= 0.3 is 5.69 Å². The Kier molecular flexibility index (Phi) is 4.59. The Balaban J connectivity index is 2.60. The minimum Gasteiger partial charge on any atom is -0.395 e. The highest BCUT2D eigenvalue weighted by atomic mass is 19.3. The zero-order valence-corrected chi connectivity index (χ0v) is 10.9. The van der Waals surface area contributed by atoms with Gasteiger partial charge in [-0.05, 0) is 24.3 Å². The quantitative estimate of drug-likeness (QED) is 0.653. The van der Waals surface area contributed by atoms with Crippen LogP contribution in [0.25, 0.3) is 10.9 Å². The molecule has 1 N–H and O–H groups in total. The van der Waals surface area contributed by atoms with E-state index < -0.39 is 17.9 Å². The van der Waals surface area contributed by atoms with Crippen LogP contribution in [0.1, 0.15) is 0 Å². The van der Waals surface area contributed by atoms with Crippen LogP contribution in [0, 0.1) is 10.1 Å². The molecule has 0 aliphatic rings. The van der Waals surface area contributed by atoms with Gasteiger partial charge in [0.2, 0.25) is 0 Å². The van der Waals surface area contributed by atoms with Crippen LogP contribution in [0.4, 0.5) is 20.2 Å². The minimum absolute atomic E-state index is 0.0508. The molecule has 6 nitrogen and oxygen atoms in total. The van der Waals surface area contributed by atoms with E-state index in [4.69, 9.17) is 5.11 Å². The molecule has 0 bridgehead atoms. The number of alkyl halides is 2. The van der Waals surface area contributed by atoms with Crippen molar-refractivity contribution in [1.29, 1.82) is 0 Å². The number of benzene rings is 1. The van der Waals surface area contributed by atoms with Crippen molar-refractivity contribution < 1.29 is 18.8 Å². The second-order valence-corrected chi connectivity index (χ2v) is 4.32. The normalized spacial score (nSPS) is 11.0. The molecule has 0 saturated carbocycles. The molecule has 0 spiro atoms. The van der Waals surface area contributed by atoms with E-state index in [1.54, 1.807) is 6.07 Å². The first-order chi connectivity index (χ1) is 10.0. The zero-order valence-electron chi connectivity index (χ0n) is 10.9. The van der Waals surface area contributed by atoms with Gasteiger partial charge in [0, 0.05) is 12.7 Å². The zero-order chi connectivity index (χ0) is 15.4. The Labute approximate surface area is 118 Å². The summed E-state index contributed by atoms with van der Waals surface area (Å²) in [5, 5.41) is 20.6. The van der Waals surface area contributed by atoms with Crippen molar-refractivity contribution in [2.24, 2.45) is 0 Å². The van der Waals surface area contributed by atoms with Crippen LogP contribution in [0.3, 0.4) is 0 Å². The first-order valence-electron chi connectivity index (χ1n) is 6.20. The molecule has 2 aromatic rings. The predicted molar refractivity (Wildman–Crippen MR) is 73.7 cm³/mol. The van der Waals surface area contributed by atoms with Crippen molar-refractivity contribution >= 4 is 22.3 Å². The Bertz CT molecular complexity index is 652. The second kappa shape index (κ2) is 6.40. The molecule has 0 atom stereocenters. The number of anilines is 1. The number of aliphatic hydroxyl groups is 1. The Hall–Kier alpha value is -2.35. The number of aliphatic hydroxyl groups excluding tert-OH is 1. The summed E-state index contributed by atoms with van der Waals surface area (Å²) in [5.41, 5.74) is 0.179. The summed E-state index contributed by atoms with van der Waals surface area (Å²) in [6, 6.07) is 5.98. The van der Waals surface area contributed by atoms with Crippen molar-refractivity contribution in [2.75, 3.05) is 24.6 Å². The van der Waals surface area contributed by atoms with E-state index in [1.807, 2.05) is 0 Å². The first-order valence-corrected chi connectivity index (χ1v) is 6.20. The lowest BCUT2D eigenvalue weighted by atomic mass is 10.1. The van der Waals surface area contributed by atoms with Crippen molar-refractivity contribution in [2.45, 2.75) is 6.43 Å². The number of nitrogens with zero attached hydrogens (tertiary/aromatic N) is 3. The van der Waals surface area contributed by atoms with Crippen LogP contribution < -0.4 is 4.90 Å². The fraction of sp³-hybridized carbons (Fsp3) is 0.308. The van der Waals surface area contributed by atoms with E-state index in [0.717, 1.165) is 4.90 Å². The van der Waals surface area contributed by atoms with E-state index in [9.17, 15) is 18.9 Å². The monoisotopic (exact) mass is 297 g/mol. The number of nitro benzene ring substituents is 1.